The van der Waals surface area contributed by atoms with E-state index in [4.69, 9.17) is 0 Å². The number of benzene rings is 1. The number of aryl methyl sites for hydroxylation is 2. The van der Waals surface area contributed by atoms with Gasteiger partial charge in [0.05, 0.1) is 0 Å². The van der Waals surface area contributed by atoms with E-state index in [9.17, 15) is 4.79 Å². The van der Waals surface area contributed by atoms with Crippen LogP contribution >= 0.6 is 0 Å². The molecule has 1 aromatic carbocycles. The maximum atomic E-state index is 11.9. The third-order valence-electron chi connectivity index (χ3n) is 4.26. The molecule has 1 nitrogen and oxygen atoms in total. The van der Waals surface area contributed by atoms with Crippen molar-refractivity contribution >= 4 is 5.78 Å². The fourth-order valence-electron chi connectivity index (χ4n) is 3.47. The smallest absolute Gasteiger partial charge is 0.136 e. The van der Waals surface area contributed by atoms with E-state index in [0.29, 0.717) is 17.6 Å². The van der Waals surface area contributed by atoms with E-state index in [1.54, 1.807) is 0 Å². The van der Waals surface area contributed by atoms with Gasteiger partial charge in [-0.15, -0.1) is 0 Å². The van der Waals surface area contributed by atoms with Crippen LogP contribution in [0.3, 0.4) is 0 Å². The topological polar surface area (TPSA) is 17.1 Å². The molecule has 0 aliphatic heterocycles. The van der Waals surface area contributed by atoms with Gasteiger partial charge in [0.25, 0.3) is 0 Å². The number of ketones is 1. The molecule has 84 valence electrons. The Morgan fingerprint density at radius 3 is 2.88 bits per heavy atom. The first-order valence-electron chi connectivity index (χ1n) is 6.38. The second-order valence-electron chi connectivity index (χ2n) is 5.31. The zero-order valence-corrected chi connectivity index (χ0v) is 9.83. The van der Waals surface area contributed by atoms with Gasteiger partial charge in [0.1, 0.15) is 5.78 Å². The summed E-state index contributed by atoms with van der Waals surface area (Å²) in [6, 6.07) is 6.77. The van der Waals surface area contributed by atoms with Crippen LogP contribution in [0.2, 0.25) is 0 Å². The van der Waals surface area contributed by atoms with Crippen molar-refractivity contribution in [1.29, 1.82) is 0 Å². The lowest BCUT2D eigenvalue weighted by molar-refractivity contribution is -0.125. The summed E-state index contributed by atoms with van der Waals surface area (Å²) in [5, 5.41) is 0. The first kappa shape index (κ1) is 10.1. The quantitative estimate of drug-likeness (QED) is 0.647. The Morgan fingerprint density at radius 2 is 2.00 bits per heavy atom. The minimum atomic E-state index is 0.337. The van der Waals surface area contributed by atoms with Gasteiger partial charge in [0.15, 0.2) is 0 Å². The fraction of sp³-hybridized carbons (Fsp3) is 0.533. The molecule has 0 radical (unpaired) electrons. The SMILES string of the molecule is Cc1ccc2c(c1)CCC1C(=O)CCCC21. The third-order valence-corrected chi connectivity index (χ3v) is 4.26. The lowest BCUT2D eigenvalue weighted by Gasteiger charge is -2.36. The Bertz CT molecular complexity index is 433. The van der Waals surface area contributed by atoms with Gasteiger partial charge in [0.2, 0.25) is 0 Å². The first-order valence-corrected chi connectivity index (χ1v) is 6.38. The highest BCUT2D eigenvalue weighted by Crippen LogP contribution is 2.43. The standard InChI is InChI=1S/C15H18O/c1-10-5-7-12-11(9-10)6-8-14-13(12)3-2-4-15(14)16/h5,7,9,13-14H,2-4,6,8H2,1H3. The molecule has 0 amide bonds. The summed E-state index contributed by atoms with van der Waals surface area (Å²) in [5.74, 6) is 1.39. The van der Waals surface area contributed by atoms with Crippen molar-refractivity contribution in [2.24, 2.45) is 5.92 Å². The van der Waals surface area contributed by atoms with Gasteiger partial charge in [-0.3, -0.25) is 4.79 Å². The molecule has 2 aliphatic carbocycles. The average molecular weight is 214 g/mol. The first-order chi connectivity index (χ1) is 7.75. The highest BCUT2D eigenvalue weighted by molar-refractivity contribution is 5.83. The molecule has 0 bridgehead atoms. The molecule has 0 spiro atoms. The van der Waals surface area contributed by atoms with Gasteiger partial charge in [-0.2, -0.15) is 0 Å². The van der Waals surface area contributed by atoms with Crippen LogP contribution in [0, 0.1) is 12.8 Å². The number of carbonyl (C=O) groups excluding carboxylic acids is 1. The van der Waals surface area contributed by atoms with Crippen molar-refractivity contribution in [2.75, 3.05) is 0 Å². The summed E-state index contributed by atoms with van der Waals surface area (Å²) in [4.78, 5) is 11.9. The molecule has 1 saturated carbocycles. The van der Waals surface area contributed by atoms with Crippen LogP contribution in [-0.4, -0.2) is 5.78 Å². The van der Waals surface area contributed by atoms with E-state index in [1.807, 2.05) is 0 Å². The molecule has 0 N–H and O–H groups in total. The van der Waals surface area contributed by atoms with E-state index in [1.165, 1.54) is 23.1 Å². The maximum Gasteiger partial charge on any atom is 0.136 e. The van der Waals surface area contributed by atoms with Crippen molar-refractivity contribution in [3.63, 3.8) is 0 Å². The molecule has 2 aliphatic rings. The highest BCUT2D eigenvalue weighted by atomic mass is 16.1. The van der Waals surface area contributed by atoms with Gasteiger partial charge < -0.3 is 0 Å². The van der Waals surface area contributed by atoms with Crippen LogP contribution in [0.4, 0.5) is 0 Å². The molecule has 16 heavy (non-hydrogen) atoms. The van der Waals surface area contributed by atoms with Gasteiger partial charge in [-0.1, -0.05) is 23.8 Å². The van der Waals surface area contributed by atoms with E-state index in [0.717, 1.165) is 25.7 Å². The number of hydrogen-bond donors (Lipinski definition) is 0. The van der Waals surface area contributed by atoms with Gasteiger partial charge in [0, 0.05) is 12.3 Å². The highest BCUT2D eigenvalue weighted by Gasteiger charge is 2.36. The summed E-state index contributed by atoms with van der Waals surface area (Å²) < 4.78 is 0. The van der Waals surface area contributed by atoms with Crippen molar-refractivity contribution in [3.8, 4) is 0 Å². The van der Waals surface area contributed by atoms with Crippen molar-refractivity contribution < 1.29 is 4.79 Å². The van der Waals surface area contributed by atoms with E-state index in [2.05, 4.69) is 25.1 Å². The normalized spacial score (nSPS) is 28.4. The molecule has 1 heteroatoms. The van der Waals surface area contributed by atoms with E-state index in [-0.39, 0.29) is 0 Å². The lowest BCUT2D eigenvalue weighted by atomic mass is 9.67. The van der Waals surface area contributed by atoms with Crippen LogP contribution in [0.5, 0.6) is 0 Å². The van der Waals surface area contributed by atoms with Gasteiger partial charge in [-0.05, 0) is 49.7 Å². The molecule has 1 aromatic rings. The van der Waals surface area contributed by atoms with Crippen LogP contribution in [-0.2, 0) is 11.2 Å². The summed E-state index contributed by atoms with van der Waals surface area (Å²) >= 11 is 0. The van der Waals surface area contributed by atoms with Crippen molar-refractivity contribution in [1.82, 2.24) is 0 Å². The molecule has 0 saturated heterocycles. The molecule has 0 heterocycles. The third kappa shape index (κ3) is 1.50. The number of hydrogen-bond acceptors (Lipinski definition) is 1. The second-order valence-corrected chi connectivity index (χ2v) is 5.31. The molecular formula is C15H18O. The zero-order valence-electron chi connectivity index (χ0n) is 9.83. The number of Topliss-reactive ketones (excluding diaryl/α,β-unsaturated/α-hetero) is 1. The summed E-state index contributed by atoms with van der Waals surface area (Å²) in [6.07, 6.45) is 5.31. The number of rotatable bonds is 0. The molecule has 2 atom stereocenters. The maximum absolute atomic E-state index is 11.9. The van der Waals surface area contributed by atoms with Gasteiger partial charge in [-0.25, -0.2) is 0 Å². The molecular weight excluding hydrogens is 196 g/mol. The minimum absolute atomic E-state index is 0.337. The Kier molecular flexibility index (Phi) is 2.34. The summed E-state index contributed by atoms with van der Waals surface area (Å²) in [7, 11) is 0. The monoisotopic (exact) mass is 214 g/mol. The zero-order chi connectivity index (χ0) is 11.1. The number of carbonyl (C=O) groups is 1. The molecule has 1 fully saturated rings. The Labute approximate surface area is 96.9 Å². The Balaban J connectivity index is 2.02. The molecule has 2 unspecified atom stereocenters. The van der Waals surface area contributed by atoms with Crippen molar-refractivity contribution in [2.45, 2.75) is 44.9 Å². The predicted molar refractivity (Wildman–Crippen MR) is 64.6 cm³/mol. The largest absolute Gasteiger partial charge is 0.299 e. The summed E-state index contributed by atoms with van der Waals surface area (Å²) in [5.41, 5.74) is 4.31. The van der Waals surface area contributed by atoms with E-state index < -0.39 is 0 Å². The predicted octanol–water partition coefficient (Wildman–Crippen LogP) is 3.39. The van der Waals surface area contributed by atoms with Gasteiger partial charge >= 0.3 is 0 Å². The second kappa shape index (κ2) is 3.73. The minimum Gasteiger partial charge on any atom is -0.299 e. The Hall–Kier alpha value is -1.11. The lowest BCUT2D eigenvalue weighted by Crippen LogP contribution is -2.31. The molecule has 3 rings (SSSR count). The number of fused-ring (bicyclic) bond motifs is 3. The van der Waals surface area contributed by atoms with Crippen LogP contribution in [0.1, 0.15) is 48.3 Å². The van der Waals surface area contributed by atoms with Crippen LogP contribution < -0.4 is 0 Å². The molecule has 0 aromatic heterocycles. The van der Waals surface area contributed by atoms with Crippen LogP contribution in [0.15, 0.2) is 18.2 Å². The fourth-order valence-corrected chi connectivity index (χ4v) is 3.47. The van der Waals surface area contributed by atoms with E-state index >= 15 is 0 Å². The van der Waals surface area contributed by atoms with Crippen LogP contribution in [0.25, 0.3) is 0 Å². The Morgan fingerprint density at radius 1 is 1.12 bits per heavy atom. The average Bonchev–Trinajstić information content (AvgIpc) is 2.28. The summed E-state index contributed by atoms with van der Waals surface area (Å²) in [6.45, 7) is 2.15. The van der Waals surface area contributed by atoms with Crippen molar-refractivity contribution in [3.05, 3.63) is 34.9 Å².